The number of nitrogens with one attached hydrogen (secondary N) is 2. The fourth-order valence-electron chi connectivity index (χ4n) is 4.50. The maximum atomic E-state index is 15.2. The standard InChI is InChI=1S/C30H27F4N3O4.2H2/c31-24-17-23(20-7-12-40-13-8-20)26(41-18-19-4-2-1-3-5-19)14-21(24)15-27(38)36-22-6-11-35-25(16-22)28(39)37-29(9-10-29)30(32,33)34;;/h1-7,11,14,16-17H,8-10,12-13,15,18H2,(H,37,39)(H,35,36,38);2*1H. The number of pyridine rings is 1. The molecule has 2 N–H and O–H groups in total. The minimum Gasteiger partial charge on any atom is -0.488 e. The Morgan fingerprint density at radius 1 is 1.10 bits per heavy atom. The zero-order valence-corrected chi connectivity index (χ0v) is 21.9. The summed E-state index contributed by atoms with van der Waals surface area (Å²) in [7, 11) is 0. The van der Waals surface area contributed by atoms with Gasteiger partial charge in [-0.1, -0.05) is 36.4 Å². The lowest BCUT2D eigenvalue weighted by molar-refractivity contribution is -0.163. The second kappa shape index (κ2) is 11.7. The van der Waals surface area contributed by atoms with Crippen molar-refractivity contribution >= 4 is 23.1 Å². The van der Waals surface area contributed by atoms with Gasteiger partial charge in [-0.25, -0.2) is 4.39 Å². The van der Waals surface area contributed by atoms with E-state index >= 15 is 4.39 Å². The molecule has 0 unspecified atom stereocenters. The van der Waals surface area contributed by atoms with Crippen LogP contribution in [0.15, 0.2) is 66.9 Å². The highest BCUT2D eigenvalue weighted by atomic mass is 19.4. The van der Waals surface area contributed by atoms with E-state index in [0.29, 0.717) is 30.9 Å². The fraction of sp³-hybridized carbons (Fsp3) is 0.300. The average Bonchev–Trinajstić information content (AvgIpc) is 3.75. The summed E-state index contributed by atoms with van der Waals surface area (Å²) in [6, 6.07) is 14.9. The summed E-state index contributed by atoms with van der Waals surface area (Å²) in [4.78, 5) is 29.1. The zero-order chi connectivity index (χ0) is 29.0. The van der Waals surface area contributed by atoms with Crippen LogP contribution in [-0.2, 0) is 22.6 Å². The number of anilines is 1. The summed E-state index contributed by atoms with van der Waals surface area (Å²) in [6.07, 6.45) is -1.67. The van der Waals surface area contributed by atoms with Gasteiger partial charge in [-0.15, -0.1) is 0 Å². The lowest BCUT2D eigenvalue weighted by Gasteiger charge is -2.20. The van der Waals surface area contributed by atoms with Crippen LogP contribution in [0, 0.1) is 5.82 Å². The Labute approximate surface area is 236 Å². The smallest absolute Gasteiger partial charge is 0.411 e. The second-order valence-corrected chi connectivity index (χ2v) is 9.96. The third kappa shape index (κ3) is 6.74. The first-order valence-corrected chi connectivity index (χ1v) is 13.0. The molecule has 2 aliphatic rings. The predicted octanol–water partition coefficient (Wildman–Crippen LogP) is 6.10. The number of carbonyl (C=O) groups is 2. The molecule has 1 fully saturated rings. The number of amides is 2. The summed E-state index contributed by atoms with van der Waals surface area (Å²) in [5.74, 6) is -1.76. The summed E-state index contributed by atoms with van der Waals surface area (Å²) in [5, 5.41) is 4.56. The average molecular weight is 574 g/mol. The molecule has 0 bridgehead atoms. The van der Waals surface area contributed by atoms with E-state index in [0.717, 1.165) is 11.1 Å². The van der Waals surface area contributed by atoms with Crippen LogP contribution >= 0.6 is 0 Å². The number of nitrogens with zero attached hydrogens (tertiary/aromatic N) is 1. The van der Waals surface area contributed by atoms with Crippen molar-refractivity contribution in [3.63, 3.8) is 0 Å². The van der Waals surface area contributed by atoms with E-state index in [-0.39, 0.29) is 45.7 Å². The van der Waals surface area contributed by atoms with Gasteiger partial charge in [0.15, 0.2) is 0 Å². The van der Waals surface area contributed by atoms with Gasteiger partial charge in [-0.3, -0.25) is 14.6 Å². The van der Waals surface area contributed by atoms with Crippen LogP contribution in [0.5, 0.6) is 5.75 Å². The van der Waals surface area contributed by atoms with Gasteiger partial charge in [0.2, 0.25) is 5.91 Å². The van der Waals surface area contributed by atoms with Crippen LogP contribution in [0.3, 0.4) is 0 Å². The van der Waals surface area contributed by atoms with Crippen molar-refractivity contribution in [1.29, 1.82) is 0 Å². The van der Waals surface area contributed by atoms with Crippen molar-refractivity contribution in [1.82, 2.24) is 10.3 Å². The molecule has 1 saturated carbocycles. The highest BCUT2D eigenvalue weighted by Crippen LogP contribution is 2.49. The number of ether oxygens (including phenoxy) is 2. The molecule has 0 spiro atoms. The van der Waals surface area contributed by atoms with E-state index < -0.39 is 29.3 Å². The molecular formula is C30H31F4N3O4. The zero-order valence-electron chi connectivity index (χ0n) is 21.9. The first-order chi connectivity index (χ1) is 19.6. The molecule has 1 aliphatic carbocycles. The molecule has 7 nitrogen and oxygen atoms in total. The van der Waals surface area contributed by atoms with Crippen molar-refractivity contribution in [2.75, 3.05) is 18.5 Å². The lowest BCUT2D eigenvalue weighted by atomic mass is 9.97. The van der Waals surface area contributed by atoms with Gasteiger partial charge >= 0.3 is 6.18 Å². The van der Waals surface area contributed by atoms with Gasteiger partial charge in [-0.05, 0) is 54.7 Å². The van der Waals surface area contributed by atoms with Crippen LogP contribution in [0.4, 0.5) is 23.2 Å². The van der Waals surface area contributed by atoms with Crippen molar-refractivity contribution in [3.05, 3.63) is 95.1 Å². The quantitative estimate of drug-likeness (QED) is 0.302. The molecule has 1 aliphatic heterocycles. The van der Waals surface area contributed by atoms with Crippen molar-refractivity contribution in [2.45, 2.75) is 44.0 Å². The van der Waals surface area contributed by atoms with Crippen LogP contribution in [0.1, 0.15) is 49.3 Å². The monoisotopic (exact) mass is 573 g/mol. The first kappa shape index (κ1) is 28.3. The molecule has 2 amide bonds. The predicted molar refractivity (Wildman–Crippen MR) is 147 cm³/mol. The van der Waals surface area contributed by atoms with Crippen LogP contribution in [0.25, 0.3) is 5.57 Å². The number of hydrogen-bond acceptors (Lipinski definition) is 5. The maximum absolute atomic E-state index is 15.2. The molecule has 0 saturated heterocycles. The van der Waals surface area contributed by atoms with E-state index in [2.05, 4.69) is 10.3 Å². The van der Waals surface area contributed by atoms with Crippen molar-refractivity contribution < 1.29 is 39.5 Å². The highest BCUT2D eigenvalue weighted by molar-refractivity contribution is 5.96. The second-order valence-electron chi connectivity index (χ2n) is 9.96. The van der Waals surface area contributed by atoms with Crippen molar-refractivity contribution in [3.8, 4) is 5.75 Å². The molecule has 0 atom stereocenters. The summed E-state index contributed by atoms with van der Waals surface area (Å²) >= 11 is 0. The summed E-state index contributed by atoms with van der Waals surface area (Å²) in [5.41, 5.74) is 0.0963. The molecule has 2 aromatic carbocycles. The van der Waals surface area contributed by atoms with Gasteiger partial charge in [-0.2, -0.15) is 13.2 Å². The lowest BCUT2D eigenvalue weighted by Crippen LogP contribution is -2.48. The number of hydrogen-bond donors (Lipinski definition) is 2. The van der Waals surface area contributed by atoms with Crippen LogP contribution < -0.4 is 15.4 Å². The number of benzene rings is 2. The van der Waals surface area contributed by atoms with Gasteiger partial charge in [0.05, 0.1) is 19.6 Å². The number of carbonyl (C=O) groups excluding carboxylic acids is 2. The van der Waals surface area contributed by atoms with E-state index in [4.69, 9.17) is 9.47 Å². The van der Waals surface area contributed by atoms with Gasteiger partial charge < -0.3 is 20.1 Å². The number of halogens is 4. The fourth-order valence-corrected chi connectivity index (χ4v) is 4.50. The third-order valence-corrected chi connectivity index (χ3v) is 6.97. The normalized spacial score (nSPS) is 16.0. The number of aromatic nitrogens is 1. The Kier molecular flexibility index (Phi) is 8.07. The Morgan fingerprint density at radius 3 is 2.56 bits per heavy atom. The Hall–Kier alpha value is -4.25. The molecule has 2 heterocycles. The van der Waals surface area contributed by atoms with E-state index in [1.54, 1.807) is 0 Å². The van der Waals surface area contributed by atoms with Crippen LogP contribution in [0.2, 0.25) is 0 Å². The molecule has 0 radical (unpaired) electrons. The molecular weight excluding hydrogens is 542 g/mol. The van der Waals surface area contributed by atoms with E-state index in [1.165, 1.54) is 30.5 Å². The molecule has 1 aromatic heterocycles. The third-order valence-electron chi connectivity index (χ3n) is 6.97. The summed E-state index contributed by atoms with van der Waals surface area (Å²) in [6.45, 7) is 1.15. The van der Waals surface area contributed by atoms with Gasteiger partial charge in [0.25, 0.3) is 5.91 Å². The van der Waals surface area contributed by atoms with E-state index in [9.17, 15) is 22.8 Å². The van der Waals surface area contributed by atoms with Gasteiger partial charge in [0.1, 0.15) is 29.4 Å². The largest absolute Gasteiger partial charge is 0.488 e. The topological polar surface area (TPSA) is 89.6 Å². The summed E-state index contributed by atoms with van der Waals surface area (Å²) < 4.78 is 66.3. The number of alkyl halides is 3. The minimum atomic E-state index is -4.57. The van der Waals surface area contributed by atoms with Crippen LogP contribution in [-0.4, -0.2) is 41.7 Å². The minimum absolute atomic E-state index is 0. The first-order valence-electron chi connectivity index (χ1n) is 13.0. The Balaban J connectivity index is 0.00000253. The SMILES string of the molecule is O=C(Cc1cc(OCc2ccccc2)c(C2=CCOCC2)cc1F)Nc1ccnc(C(=O)NC2(C(F)(F)F)CC2)c1.[HH].[HH]. The molecule has 3 aromatic rings. The van der Waals surface area contributed by atoms with E-state index in [1.807, 2.05) is 41.7 Å². The van der Waals surface area contributed by atoms with Crippen molar-refractivity contribution in [2.24, 2.45) is 0 Å². The van der Waals surface area contributed by atoms with Gasteiger partial charge in [0, 0.05) is 25.9 Å². The molecule has 41 heavy (non-hydrogen) atoms. The Bertz CT molecular complexity index is 1480. The molecule has 218 valence electrons. The number of rotatable bonds is 9. The maximum Gasteiger partial charge on any atom is 0.411 e. The molecule has 11 heteroatoms. The molecule has 5 rings (SSSR count). The highest BCUT2D eigenvalue weighted by Gasteiger charge is 2.64. The Morgan fingerprint density at radius 2 is 1.88 bits per heavy atom.